The first-order valence-electron chi connectivity index (χ1n) is 10.5. The molecule has 1 fully saturated rings. The van der Waals surface area contributed by atoms with Crippen LogP contribution in [-0.2, 0) is 12.8 Å². The molecule has 0 saturated carbocycles. The fourth-order valence-corrected chi connectivity index (χ4v) is 4.30. The zero-order chi connectivity index (χ0) is 20.2. The van der Waals surface area contributed by atoms with Crippen LogP contribution in [0.3, 0.4) is 0 Å². The molecule has 0 radical (unpaired) electrons. The number of hydrogen-bond donors (Lipinski definition) is 0. The van der Waals surface area contributed by atoms with Crippen molar-refractivity contribution in [2.24, 2.45) is 0 Å². The Labute approximate surface area is 172 Å². The molecule has 1 aliphatic heterocycles. The molecule has 2 aromatic rings. The van der Waals surface area contributed by atoms with E-state index in [0.717, 1.165) is 18.4 Å². The van der Waals surface area contributed by atoms with Gasteiger partial charge in [0.15, 0.2) is 5.78 Å². The zero-order valence-corrected chi connectivity index (χ0v) is 17.0. The second kappa shape index (κ2) is 8.78. The second-order valence-electron chi connectivity index (χ2n) is 7.88. The molecule has 4 rings (SSSR count). The van der Waals surface area contributed by atoms with Crippen molar-refractivity contribution in [3.05, 3.63) is 64.7 Å². The highest BCUT2D eigenvalue weighted by atomic mass is 16.5. The molecule has 0 N–H and O–H groups in total. The van der Waals surface area contributed by atoms with Crippen LogP contribution in [0.2, 0.25) is 0 Å². The largest absolute Gasteiger partial charge is 0.496 e. The molecule has 1 amide bonds. The number of benzene rings is 2. The molecule has 0 bridgehead atoms. The SMILES string of the molecule is COc1ccccc1C(=O)N1CCN(CC(=O)c2ccc3c(c2)CCCC3)CC1. The summed E-state index contributed by atoms with van der Waals surface area (Å²) in [5.74, 6) is 0.758. The standard InChI is InChI=1S/C24H28N2O3/c1-29-23-9-5-4-8-21(23)24(28)26-14-12-25(13-15-26)17-22(27)20-11-10-18-6-2-3-7-19(18)16-20/h4-5,8-11,16H,2-3,6-7,12-15,17H2,1H3. The van der Waals surface area contributed by atoms with Crippen LogP contribution in [0.4, 0.5) is 0 Å². The van der Waals surface area contributed by atoms with Crippen molar-refractivity contribution in [2.45, 2.75) is 25.7 Å². The van der Waals surface area contributed by atoms with E-state index in [1.165, 1.54) is 24.0 Å². The predicted molar refractivity (Wildman–Crippen MR) is 113 cm³/mol. The molecule has 1 aliphatic carbocycles. The average Bonchev–Trinajstić information content (AvgIpc) is 2.78. The second-order valence-corrected chi connectivity index (χ2v) is 7.88. The van der Waals surface area contributed by atoms with Crippen molar-refractivity contribution in [2.75, 3.05) is 39.8 Å². The lowest BCUT2D eigenvalue weighted by Crippen LogP contribution is -2.50. The van der Waals surface area contributed by atoms with Crippen molar-refractivity contribution in [1.82, 2.24) is 9.80 Å². The third kappa shape index (κ3) is 4.35. The number of carbonyl (C=O) groups excluding carboxylic acids is 2. The number of fused-ring (bicyclic) bond motifs is 1. The lowest BCUT2D eigenvalue weighted by molar-refractivity contribution is 0.0621. The molecule has 0 spiro atoms. The Morgan fingerprint density at radius 3 is 2.41 bits per heavy atom. The van der Waals surface area contributed by atoms with Gasteiger partial charge in [-0.1, -0.05) is 24.3 Å². The van der Waals surface area contributed by atoms with Gasteiger partial charge < -0.3 is 9.64 Å². The van der Waals surface area contributed by atoms with E-state index in [-0.39, 0.29) is 11.7 Å². The molecule has 5 nitrogen and oxygen atoms in total. The maximum Gasteiger partial charge on any atom is 0.257 e. The van der Waals surface area contributed by atoms with Crippen LogP contribution in [0.1, 0.15) is 44.7 Å². The van der Waals surface area contributed by atoms with Gasteiger partial charge in [-0.05, 0) is 55.0 Å². The van der Waals surface area contributed by atoms with Gasteiger partial charge in [0.1, 0.15) is 5.75 Å². The Morgan fingerprint density at radius 1 is 0.931 bits per heavy atom. The summed E-state index contributed by atoms with van der Waals surface area (Å²) in [7, 11) is 1.58. The number of Topliss-reactive ketones (excluding diaryl/α,β-unsaturated/α-hetero) is 1. The van der Waals surface area contributed by atoms with E-state index in [0.29, 0.717) is 44.0 Å². The number of piperazine rings is 1. The van der Waals surface area contributed by atoms with Gasteiger partial charge >= 0.3 is 0 Å². The molecule has 1 saturated heterocycles. The van der Waals surface area contributed by atoms with Crippen LogP contribution < -0.4 is 4.74 Å². The van der Waals surface area contributed by atoms with E-state index < -0.39 is 0 Å². The molecule has 0 unspecified atom stereocenters. The summed E-state index contributed by atoms with van der Waals surface area (Å²) in [6.45, 7) is 3.06. The summed E-state index contributed by atoms with van der Waals surface area (Å²) in [5.41, 5.74) is 4.15. The van der Waals surface area contributed by atoms with E-state index in [4.69, 9.17) is 4.74 Å². The van der Waals surface area contributed by atoms with Gasteiger partial charge in [-0.25, -0.2) is 0 Å². The molecule has 5 heteroatoms. The molecule has 0 atom stereocenters. The van der Waals surface area contributed by atoms with Crippen molar-refractivity contribution >= 4 is 11.7 Å². The minimum atomic E-state index is -0.0110. The maximum atomic E-state index is 12.8. The summed E-state index contributed by atoms with van der Waals surface area (Å²) < 4.78 is 5.32. The molecular formula is C24H28N2O3. The summed E-state index contributed by atoms with van der Waals surface area (Å²) in [6, 6.07) is 13.5. The van der Waals surface area contributed by atoms with Crippen LogP contribution in [0, 0.1) is 0 Å². The first-order valence-corrected chi connectivity index (χ1v) is 10.5. The summed E-state index contributed by atoms with van der Waals surface area (Å²) in [4.78, 5) is 29.6. The summed E-state index contributed by atoms with van der Waals surface area (Å²) >= 11 is 0. The molecule has 1 heterocycles. The fraction of sp³-hybridized carbons (Fsp3) is 0.417. The van der Waals surface area contributed by atoms with E-state index in [9.17, 15) is 9.59 Å². The molecular weight excluding hydrogens is 364 g/mol. The van der Waals surface area contributed by atoms with Gasteiger partial charge in [-0.2, -0.15) is 0 Å². The van der Waals surface area contributed by atoms with E-state index in [1.54, 1.807) is 19.2 Å². The van der Waals surface area contributed by atoms with Crippen LogP contribution in [0.15, 0.2) is 42.5 Å². The molecule has 2 aromatic carbocycles. The summed E-state index contributed by atoms with van der Waals surface area (Å²) in [5, 5.41) is 0. The Kier molecular flexibility index (Phi) is 5.95. The topological polar surface area (TPSA) is 49.9 Å². The number of ether oxygens (including phenoxy) is 1. The van der Waals surface area contributed by atoms with Crippen LogP contribution in [0.25, 0.3) is 0 Å². The normalized spacial score (nSPS) is 16.9. The summed E-state index contributed by atoms with van der Waals surface area (Å²) in [6.07, 6.45) is 4.68. The zero-order valence-electron chi connectivity index (χ0n) is 17.0. The fourth-order valence-electron chi connectivity index (χ4n) is 4.30. The monoisotopic (exact) mass is 392 g/mol. The van der Waals surface area contributed by atoms with Crippen molar-refractivity contribution in [3.8, 4) is 5.75 Å². The van der Waals surface area contributed by atoms with Crippen molar-refractivity contribution in [1.29, 1.82) is 0 Å². The van der Waals surface area contributed by atoms with E-state index in [1.807, 2.05) is 23.1 Å². The number of rotatable bonds is 5. The van der Waals surface area contributed by atoms with Crippen LogP contribution in [0.5, 0.6) is 5.75 Å². The Balaban J connectivity index is 1.34. The first kappa shape index (κ1) is 19.6. The predicted octanol–water partition coefficient (Wildman–Crippen LogP) is 3.21. The highest BCUT2D eigenvalue weighted by molar-refractivity contribution is 5.98. The minimum Gasteiger partial charge on any atom is -0.496 e. The number of amides is 1. The number of nitrogens with zero attached hydrogens (tertiary/aromatic N) is 2. The quantitative estimate of drug-likeness (QED) is 0.733. The Hall–Kier alpha value is -2.66. The third-order valence-electron chi connectivity index (χ3n) is 6.03. The van der Waals surface area contributed by atoms with Gasteiger partial charge in [-0.3, -0.25) is 14.5 Å². The Bertz CT molecular complexity index is 901. The first-order chi connectivity index (χ1) is 14.2. The van der Waals surface area contributed by atoms with Crippen molar-refractivity contribution < 1.29 is 14.3 Å². The smallest absolute Gasteiger partial charge is 0.257 e. The minimum absolute atomic E-state index is 0.0110. The molecule has 0 aromatic heterocycles. The van der Waals surface area contributed by atoms with Crippen LogP contribution in [-0.4, -0.2) is 61.3 Å². The van der Waals surface area contributed by atoms with Crippen LogP contribution >= 0.6 is 0 Å². The number of para-hydroxylation sites is 1. The molecule has 29 heavy (non-hydrogen) atoms. The lowest BCUT2D eigenvalue weighted by Gasteiger charge is -2.34. The maximum absolute atomic E-state index is 12.8. The highest BCUT2D eigenvalue weighted by Crippen LogP contribution is 2.23. The van der Waals surface area contributed by atoms with Gasteiger partial charge in [0.05, 0.1) is 19.2 Å². The third-order valence-corrected chi connectivity index (χ3v) is 6.03. The lowest BCUT2D eigenvalue weighted by atomic mass is 9.90. The van der Waals surface area contributed by atoms with Gasteiger partial charge in [0.2, 0.25) is 0 Å². The van der Waals surface area contributed by atoms with Gasteiger partial charge in [0, 0.05) is 31.7 Å². The van der Waals surface area contributed by atoms with Crippen molar-refractivity contribution in [3.63, 3.8) is 0 Å². The van der Waals surface area contributed by atoms with Gasteiger partial charge in [-0.15, -0.1) is 0 Å². The molecule has 2 aliphatic rings. The Morgan fingerprint density at radius 2 is 1.66 bits per heavy atom. The number of ketones is 1. The number of carbonyl (C=O) groups is 2. The van der Waals surface area contributed by atoms with E-state index >= 15 is 0 Å². The van der Waals surface area contributed by atoms with Gasteiger partial charge in [0.25, 0.3) is 5.91 Å². The number of aryl methyl sites for hydroxylation is 2. The average molecular weight is 392 g/mol. The number of methoxy groups -OCH3 is 1. The molecule has 152 valence electrons. The number of hydrogen-bond acceptors (Lipinski definition) is 4. The van der Waals surface area contributed by atoms with E-state index in [2.05, 4.69) is 17.0 Å². The highest BCUT2D eigenvalue weighted by Gasteiger charge is 2.25.